The first-order valence-electron chi connectivity index (χ1n) is 8.21. The summed E-state index contributed by atoms with van der Waals surface area (Å²) in [7, 11) is 0. The highest BCUT2D eigenvalue weighted by Gasteiger charge is 2.22. The van der Waals surface area contributed by atoms with Crippen molar-refractivity contribution in [2.75, 3.05) is 18.0 Å². The van der Waals surface area contributed by atoms with Crippen LogP contribution in [-0.4, -0.2) is 29.1 Å². The summed E-state index contributed by atoms with van der Waals surface area (Å²) in [5.41, 5.74) is 4.38. The Bertz CT molecular complexity index is 834. The molecule has 0 bridgehead atoms. The predicted molar refractivity (Wildman–Crippen MR) is 98.4 cm³/mol. The van der Waals surface area contributed by atoms with E-state index in [4.69, 9.17) is 11.6 Å². The standard InChI is InChI=1S/C19H19ClN4/c20-15-3-1-14(2-4-15)12-23-16-7-10-24(13-16)17-5-6-18-19(11-17)22-9-8-21-18/h1-6,8-9,11,16,23H,7,10,12-13H2. The van der Waals surface area contributed by atoms with Gasteiger partial charge in [0.05, 0.1) is 11.0 Å². The normalized spacial score (nSPS) is 17.5. The average molecular weight is 339 g/mol. The van der Waals surface area contributed by atoms with Crippen molar-refractivity contribution >= 4 is 28.3 Å². The summed E-state index contributed by atoms with van der Waals surface area (Å²) < 4.78 is 0. The maximum atomic E-state index is 5.93. The summed E-state index contributed by atoms with van der Waals surface area (Å²) in [4.78, 5) is 11.1. The topological polar surface area (TPSA) is 41.0 Å². The summed E-state index contributed by atoms with van der Waals surface area (Å²) in [5.74, 6) is 0. The van der Waals surface area contributed by atoms with Gasteiger partial charge < -0.3 is 10.2 Å². The molecule has 5 heteroatoms. The molecule has 0 aliphatic carbocycles. The maximum Gasteiger partial charge on any atom is 0.0907 e. The highest BCUT2D eigenvalue weighted by molar-refractivity contribution is 6.30. The molecule has 1 N–H and O–H groups in total. The SMILES string of the molecule is Clc1ccc(CNC2CCN(c3ccc4nccnc4c3)C2)cc1. The molecule has 1 unspecified atom stereocenters. The van der Waals surface area contributed by atoms with E-state index in [1.807, 2.05) is 18.2 Å². The molecule has 3 aromatic rings. The van der Waals surface area contributed by atoms with Gasteiger partial charge in [-0.1, -0.05) is 23.7 Å². The number of nitrogens with zero attached hydrogens (tertiary/aromatic N) is 3. The van der Waals surface area contributed by atoms with Crippen molar-refractivity contribution in [2.24, 2.45) is 0 Å². The van der Waals surface area contributed by atoms with Crippen LogP contribution in [0.1, 0.15) is 12.0 Å². The molecule has 0 spiro atoms. The first kappa shape index (κ1) is 15.4. The van der Waals surface area contributed by atoms with E-state index in [0.717, 1.165) is 42.1 Å². The van der Waals surface area contributed by atoms with E-state index >= 15 is 0 Å². The summed E-state index contributed by atoms with van der Waals surface area (Å²) in [6, 6.07) is 14.8. The first-order valence-corrected chi connectivity index (χ1v) is 8.59. The van der Waals surface area contributed by atoms with Crippen molar-refractivity contribution in [3.63, 3.8) is 0 Å². The molecule has 24 heavy (non-hydrogen) atoms. The zero-order valence-corrected chi connectivity index (χ0v) is 14.1. The number of hydrogen-bond acceptors (Lipinski definition) is 4. The third kappa shape index (κ3) is 3.35. The Morgan fingerprint density at radius 3 is 2.67 bits per heavy atom. The largest absolute Gasteiger partial charge is 0.370 e. The van der Waals surface area contributed by atoms with Gasteiger partial charge in [-0.2, -0.15) is 0 Å². The van der Waals surface area contributed by atoms with Gasteiger partial charge in [-0.3, -0.25) is 9.97 Å². The van der Waals surface area contributed by atoms with E-state index in [1.54, 1.807) is 12.4 Å². The number of halogens is 1. The number of rotatable bonds is 4. The van der Waals surface area contributed by atoms with E-state index in [2.05, 4.69) is 44.5 Å². The molecule has 1 aromatic heterocycles. The van der Waals surface area contributed by atoms with Crippen LogP contribution in [0.5, 0.6) is 0 Å². The molecule has 0 radical (unpaired) electrons. The van der Waals surface area contributed by atoms with Gasteiger partial charge in [0.2, 0.25) is 0 Å². The number of hydrogen-bond donors (Lipinski definition) is 1. The van der Waals surface area contributed by atoms with Gasteiger partial charge >= 0.3 is 0 Å². The Balaban J connectivity index is 1.39. The molecule has 4 rings (SSSR count). The summed E-state index contributed by atoms with van der Waals surface area (Å²) in [5, 5.41) is 4.42. The molecule has 1 aliphatic rings. The van der Waals surface area contributed by atoms with Gasteiger partial charge in [-0.05, 0) is 42.3 Å². The lowest BCUT2D eigenvalue weighted by Gasteiger charge is -2.19. The van der Waals surface area contributed by atoms with Crippen LogP contribution < -0.4 is 10.2 Å². The second-order valence-electron chi connectivity index (χ2n) is 6.17. The van der Waals surface area contributed by atoms with Crippen molar-refractivity contribution in [1.82, 2.24) is 15.3 Å². The van der Waals surface area contributed by atoms with E-state index in [0.29, 0.717) is 6.04 Å². The molecule has 2 heterocycles. The van der Waals surface area contributed by atoms with Crippen LogP contribution in [-0.2, 0) is 6.54 Å². The van der Waals surface area contributed by atoms with E-state index in [9.17, 15) is 0 Å². The average Bonchev–Trinajstić information content (AvgIpc) is 3.10. The third-order valence-electron chi connectivity index (χ3n) is 4.51. The second kappa shape index (κ2) is 6.75. The van der Waals surface area contributed by atoms with Crippen molar-refractivity contribution in [3.8, 4) is 0 Å². The molecule has 122 valence electrons. The van der Waals surface area contributed by atoms with Gasteiger partial charge in [-0.15, -0.1) is 0 Å². The van der Waals surface area contributed by atoms with Crippen LogP contribution in [0, 0.1) is 0 Å². The fourth-order valence-electron chi connectivity index (χ4n) is 3.17. The molecule has 1 atom stereocenters. The number of aromatic nitrogens is 2. The van der Waals surface area contributed by atoms with Crippen LogP contribution in [0.15, 0.2) is 54.9 Å². The smallest absolute Gasteiger partial charge is 0.0907 e. The molecular formula is C19H19ClN4. The van der Waals surface area contributed by atoms with Gasteiger partial charge in [0, 0.05) is 48.8 Å². The molecule has 4 nitrogen and oxygen atoms in total. The Labute approximate surface area is 146 Å². The summed E-state index contributed by atoms with van der Waals surface area (Å²) >= 11 is 5.93. The van der Waals surface area contributed by atoms with Crippen LogP contribution >= 0.6 is 11.6 Å². The molecule has 1 aliphatic heterocycles. The minimum atomic E-state index is 0.498. The maximum absolute atomic E-state index is 5.93. The fourth-order valence-corrected chi connectivity index (χ4v) is 3.30. The predicted octanol–water partition coefficient (Wildman–Crippen LogP) is 3.65. The lowest BCUT2D eigenvalue weighted by molar-refractivity contribution is 0.551. The first-order chi connectivity index (χ1) is 11.8. The van der Waals surface area contributed by atoms with Crippen molar-refractivity contribution < 1.29 is 0 Å². The molecule has 2 aromatic carbocycles. The van der Waals surface area contributed by atoms with Gasteiger partial charge in [0.1, 0.15) is 0 Å². The zero-order valence-electron chi connectivity index (χ0n) is 13.3. The van der Waals surface area contributed by atoms with Crippen LogP contribution in [0.2, 0.25) is 5.02 Å². The van der Waals surface area contributed by atoms with E-state index < -0.39 is 0 Å². The Hall–Kier alpha value is -2.17. The number of benzene rings is 2. The lowest BCUT2D eigenvalue weighted by atomic mass is 10.2. The monoisotopic (exact) mass is 338 g/mol. The van der Waals surface area contributed by atoms with Crippen LogP contribution in [0.3, 0.4) is 0 Å². The van der Waals surface area contributed by atoms with Crippen LogP contribution in [0.25, 0.3) is 11.0 Å². The number of fused-ring (bicyclic) bond motifs is 1. The van der Waals surface area contributed by atoms with Gasteiger partial charge in [-0.25, -0.2) is 0 Å². The minimum Gasteiger partial charge on any atom is -0.370 e. The third-order valence-corrected chi connectivity index (χ3v) is 4.77. The minimum absolute atomic E-state index is 0.498. The number of nitrogens with one attached hydrogen (secondary N) is 1. The fraction of sp³-hybridized carbons (Fsp3) is 0.263. The number of anilines is 1. The summed E-state index contributed by atoms with van der Waals surface area (Å²) in [6.07, 6.45) is 4.62. The Morgan fingerprint density at radius 2 is 1.83 bits per heavy atom. The second-order valence-corrected chi connectivity index (χ2v) is 6.60. The summed E-state index contributed by atoms with van der Waals surface area (Å²) in [6.45, 7) is 2.95. The van der Waals surface area contributed by atoms with Crippen molar-refractivity contribution in [3.05, 3.63) is 65.4 Å². The molecule has 1 saturated heterocycles. The highest BCUT2D eigenvalue weighted by Crippen LogP contribution is 2.23. The molecule has 0 saturated carbocycles. The van der Waals surface area contributed by atoms with Crippen molar-refractivity contribution in [2.45, 2.75) is 19.0 Å². The molecular weight excluding hydrogens is 320 g/mol. The van der Waals surface area contributed by atoms with E-state index in [1.165, 1.54) is 11.3 Å². The Morgan fingerprint density at radius 1 is 1.04 bits per heavy atom. The quantitative estimate of drug-likeness (QED) is 0.788. The Kier molecular flexibility index (Phi) is 4.32. The van der Waals surface area contributed by atoms with E-state index in [-0.39, 0.29) is 0 Å². The molecule has 0 amide bonds. The van der Waals surface area contributed by atoms with Gasteiger partial charge in [0.15, 0.2) is 0 Å². The van der Waals surface area contributed by atoms with Gasteiger partial charge in [0.25, 0.3) is 0 Å². The highest BCUT2D eigenvalue weighted by atomic mass is 35.5. The van der Waals surface area contributed by atoms with Crippen molar-refractivity contribution in [1.29, 1.82) is 0 Å². The lowest BCUT2D eigenvalue weighted by Crippen LogP contribution is -2.32. The molecule has 1 fully saturated rings. The van der Waals surface area contributed by atoms with Crippen LogP contribution in [0.4, 0.5) is 5.69 Å². The zero-order chi connectivity index (χ0) is 16.4.